The molecule has 0 bridgehead atoms. The largest absolute Gasteiger partial charge is 0.388 e. The maximum atomic E-state index is 4.25. The van der Waals surface area contributed by atoms with Crippen LogP contribution in [0.1, 0.15) is 57.4 Å². The molecule has 0 atom stereocenters. The lowest BCUT2D eigenvalue weighted by Gasteiger charge is -1.90. The predicted molar refractivity (Wildman–Crippen MR) is 102 cm³/mol. The molecule has 0 radical (unpaired) electrons. The van der Waals surface area contributed by atoms with Gasteiger partial charge in [-0.2, -0.15) is 11.8 Å². The van der Waals surface area contributed by atoms with E-state index in [4.69, 9.17) is 0 Å². The normalized spacial score (nSPS) is 5.00. The number of hydrogen-bond donors (Lipinski definition) is 0. The van der Waals surface area contributed by atoms with Gasteiger partial charge < -0.3 is 9.64 Å². The molecule has 0 aromatic rings. The minimum atomic E-state index is 0. The van der Waals surface area contributed by atoms with E-state index in [-0.39, 0.29) is 37.1 Å². The van der Waals surface area contributed by atoms with Gasteiger partial charge in [0.2, 0.25) is 0 Å². The number of thioether (sulfide) groups is 1. The van der Waals surface area contributed by atoms with Crippen LogP contribution >= 0.6 is 11.8 Å². The Labute approximate surface area is 127 Å². The number of methoxy groups -OCH3 is 1. The van der Waals surface area contributed by atoms with Gasteiger partial charge in [0.25, 0.3) is 0 Å². The lowest BCUT2D eigenvalue weighted by molar-refractivity contribution is 0.277. The summed E-state index contributed by atoms with van der Waals surface area (Å²) in [6.45, 7) is 4.25. The molecule has 126 valence electrons. The Kier molecular flexibility index (Phi) is 410. The lowest BCUT2D eigenvalue weighted by atomic mass is 10.6. The van der Waals surface area contributed by atoms with Crippen LogP contribution in [0, 0.1) is 0 Å². The average Bonchev–Trinajstić information content (AvgIpc) is 1.88. The van der Waals surface area contributed by atoms with Crippen LogP contribution in [-0.4, -0.2) is 52.8 Å². The van der Waals surface area contributed by atoms with Crippen molar-refractivity contribution in [2.24, 2.45) is 0 Å². The van der Waals surface area contributed by atoms with E-state index < -0.39 is 0 Å². The van der Waals surface area contributed by atoms with Crippen molar-refractivity contribution in [3.8, 4) is 0 Å². The van der Waals surface area contributed by atoms with Crippen molar-refractivity contribution in [3.05, 3.63) is 0 Å². The molecule has 0 fully saturated rings. The minimum Gasteiger partial charge on any atom is -0.388 e. The summed E-state index contributed by atoms with van der Waals surface area (Å²) in [6.07, 6.45) is 5.33. The molecule has 0 aromatic carbocycles. The molecule has 0 saturated heterocycles. The molecule has 0 amide bonds. The van der Waals surface area contributed by atoms with E-state index in [1.807, 2.05) is 38.6 Å². The van der Waals surface area contributed by atoms with Crippen molar-refractivity contribution in [1.29, 1.82) is 0 Å². The lowest BCUT2D eigenvalue weighted by Crippen LogP contribution is -1.99. The standard InChI is InChI=1S/C3H9N.C3H8.C2H6O.C2H6S.5CH4/c1-4(2)3;3*1-3-2;;;;;/h1-3H3;3H2,1-2H3;2*1-2H3;5*1H4. The fourth-order valence-electron chi connectivity index (χ4n) is 0. The van der Waals surface area contributed by atoms with Crippen LogP contribution in [0.15, 0.2) is 0 Å². The maximum Gasteiger partial charge on any atom is 0.0351 e. The van der Waals surface area contributed by atoms with Crippen molar-refractivity contribution in [2.45, 2.75) is 57.4 Å². The number of ether oxygens (including phenoxy) is 1. The second kappa shape index (κ2) is 116. The van der Waals surface area contributed by atoms with E-state index in [0.717, 1.165) is 0 Å². The highest BCUT2D eigenvalue weighted by molar-refractivity contribution is 7.97. The Morgan fingerprint density at radius 3 is 0.778 bits per heavy atom. The Morgan fingerprint density at radius 1 is 0.778 bits per heavy atom. The van der Waals surface area contributed by atoms with Crippen molar-refractivity contribution in [1.82, 2.24) is 4.90 Å². The molecule has 0 heterocycles. The predicted octanol–water partition coefficient (Wildman–Crippen LogP) is 6.02. The zero-order valence-corrected chi connectivity index (χ0v) is 11.8. The van der Waals surface area contributed by atoms with Gasteiger partial charge in [0.1, 0.15) is 0 Å². The number of rotatable bonds is 0. The highest BCUT2D eigenvalue weighted by Gasteiger charge is 1.58. The van der Waals surface area contributed by atoms with Crippen LogP contribution < -0.4 is 0 Å². The second-order valence-corrected chi connectivity index (χ2v) is 3.68. The van der Waals surface area contributed by atoms with Gasteiger partial charge in [-0.1, -0.05) is 57.4 Å². The summed E-state index contributed by atoms with van der Waals surface area (Å²) in [5.74, 6) is 0. The first-order valence-corrected chi connectivity index (χ1v) is 6.02. The molecule has 0 N–H and O–H groups in total. The fourth-order valence-corrected chi connectivity index (χ4v) is 0. The summed E-state index contributed by atoms with van der Waals surface area (Å²) in [5, 5.41) is 0. The highest BCUT2D eigenvalue weighted by Crippen LogP contribution is 1.70. The molecule has 0 saturated carbocycles. The van der Waals surface area contributed by atoms with E-state index in [1.54, 1.807) is 26.0 Å². The molecular weight excluding hydrogens is 242 g/mol. The van der Waals surface area contributed by atoms with Crippen molar-refractivity contribution in [2.75, 3.05) is 47.9 Å². The quantitative estimate of drug-likeness (QED) is 0.542. The van der Waals surface area contributed by atoms with E-state index in [0.29, 0.717) is 0 Å². The van der Waals surface area contributed by atoms with Gasteiger partial charge in [-0.3, -0.25) is 0 Å². The Balaban J connectivity index is -0.00000000790. The molecule has 18 heavy (non-hydrogen) atoms. The van der Waals surface area contributed by atoms with E-state index >= 15 is 0 Å². The van der Waals surface area contributed by atoms with Crippen LogP contribution in [0.2, 0.25) is 0 Å². The number of nitrogens with zero attached hydrogens (tertiary/aromatic N) is 1. The van der Waals surface area contributed by atoms with Crippen molar-refractivity contribution in [3.63, 3.8) is 0 Å². The Bertz CT molecular complexity index is 38.0. The molecule has 0 spiro atoms. The first-order chi connectivity index (χ1) is 5.97. The Morgan fingerprint density at radius 2 is 0.778 bits per heavy atom. The third-order valence-electron chi connectivity index (χ3n) is 0. The molecule has 0 aliphatic rings. The molecule has 0 rings (SSSR count). The average molecular weight is 292 g/mol. The third kappa shape index (κ3) is 52000. The van der Waals surface area contributed by atoms with Crippen LogP contribution in [-0.2, 0) is 4.74 Å². The van der Waals surface area contributed by atoms with Crippen LogP contribution in [0.4, 0.5) is 0 Å². The van der Waals surface area contributed by atoms with E-state index in [9.17, 15) is 0 Å². The first kappa shape index (κ1) is 63.4. The van der Waals surface area contributed by atoms with Crippen LogP contribution in [0.25, 0.3) is 0 Å². The van der Waals surface area contributed by atoms with Gasteiger partial charge in [0.15, 0.2) is 0 Å². The number of hydrogen-bond acceptors (Lipinski definition) is 3. The zero-order chi connectivity index (χ0) is 11.7. The summed E-state index contributed by atoms with van der Waals surface area (Å²) in [5.41, 5.74) is 0. The van der Waals surface area contributed by atoms with Gasteiger partial charge in [0, 0.05) is 14.2 Å². The van der Waals surface area contributed by atoms with E-state index in [1.165, 1.54) is 6.42 Å². The molecule has 0 aromatic heterocycles. The molecule has 3 heteroatoms. The van der Waals surface area contributed by atoms with Gasteiger partial charge in [-0.25, -0.2) is 0 Å². The Hall–Kier alpha value is 0.270. The van der Waals surface area contributed by atoms with Crippen molar-refractivity contribution < 1.29 is 4.74 Å². The summed E-state index contributed by atoms with van der Waals surface area (Å²) in [6, 6.07) is 0. The zero-order valence-electron chi connectivity index (χ0n) is 11.0. The maximum absolute atomic E-state index is 4.25. The summed E-state index contributed by atoms with van der Waals surface area (Å²) >= 11 is 1.75. The first-order valence-electron chi connectivity index (χ1n) is 4.39. The molecule has 0 unspecified atom stereocenters. The van der Waals surface area contributed by atoms with Gasteiger partial charge in [-0.15, -0.1) is 0 Å². The van der Waals surface area contributed by atoms with Gasteiger partial charge in [-0.05, 0) is 33.7 Å². The van der Waals surface area contributed by atoms with Gasteiger partial charge >= 0.3 is 0 Å². The molecule has 0 aliphatic carbocycles. The summed E-state index contributed by atoms with van der Waals surface area (Å²) in [7, 11) is 9.25. The third-order valence-corrected chi connectivity index (χ3v) is 0. The summed E-state index contributed by atoms with van der Waals surface area (Å²) < 4.78 is 4.25. The second-order valence-electron chi connectivity index (χ2n) is 2.87. The summed E-state index contributed by atoms with van der Waals surface area (Å²) in [4.78, 5) is 2.00. The smallest absolute Gasteiger partial charge is 0.0351 e. The van der Waals surface area contributed by atoms with Crippen LogP contribution in [0.3, 0.4) is 0 Å². The molecule has 2 nitrogen and oxygen atoms in total. The fraction of sp³-hybridized carbons (Fsp3) is 1.00. The van der Waals surface area contributed by atoms with Crippen molar-refractivity contribution >= 4 is 11.8 Å². The van der Waals surface area contributed by atoms with Gasteiger partial charge in [0.05, 0.1) is 0 Å². The monoisotopic (exact) mass is 291 g/mol. The highest BCUT2D eigenvalue weighted by atomic mass is 32.2. The topological polar surface area (TPSA) is 12.5 Å². The van der Waals surface area contributed by atoms with E-state index in [2.05, 4.69) is 18.6 Å². The molecular formula is C15H49NOS. The SMILES string of the molecule is C.C.C.C.C.CCC.CN(C)C.COC.CSC. The molecule has 0 aliphatic heterocycles. The minimum absolute atomic E-state index is 0. The van der Waals surface area contributed by atoms with Crippen LogP contribution in [0.5, 0.6) is 0 Å².